The van der Waals surface area contributed by atoms with Crippen molar-refractivity contribution in [3.63, 3.8) is 0 Å². The average molecular weight is 314 g/mol. The molecule has 0 aliphatic carbocycles. The van der Waals surface area contributed by atoms with Gasteiger partial charge in [0, 0.05) is 24.4 Å². The number of aromatic nitrogens is 2. The zero-order valence-corrected chi connectivity index (χ0v) is 12.6. The average Bonchev–Trinajstić information content (AvgIpc) is 2.89. The lowest BCUT2D eigenvalue weighted by molar-refractivity contribution is 0.252. The third-order valence-electron chi connectivity index (χ3n) is 2.97. The number of benzene rings is 1. The number of phenolic OH excluding ortho intramolecular Hbond substituents is 1. The highest BCUT2D eigenvalue weighted by Crippen LogP contribution is 2.37. The van der Waals surface area contributed by atoms with Crippen LogP contribution in [-0.2, 0) is 0 Å². The van der Waals surface area contributed by atoms with Gasteiger partial charge in [0.05, 0.1) is 15.9 Å². The van der Waals surface area contributed by atoms with E-state index in [0.717, 1.165) is 16.0 Å². The van der Waals surface area contributed by atoms with Gasteiger partial charge in [0.2, 0.25) is 0 Å². The molecule has 0 aliphatic rings. The molecule has 1 aromatic carbocycles. The molecule has 3 rings (SSSR count). The Labute approximate surface area is 130 Å². The van der Waals surface area contributed by atoms with Crippen LogP contribution in [0.5, 0.6) is 5.75 Å². The fourth-order valence-corrected chi connectivity index (χ4v) is 3.05. The number of amides is 2. The highest BCUT2D eigenvalue weighted by Gasteiger charge is 2.13. The summed E-state index contributed by atoms with van der Waals surface area (Å²) < 4.78 is 0.864. The lowest BCUT2D eigenvalue weighted by Gasteiger charge is -2.02. The number of rotatable bonds is 3. The van der Waals surface area contributed by atoms with Crippen LogP contribution in [0.1, 0.15) is 6.92 Å². The minimum atomic E-state index is -0.301. The van der Waals surface area contributed by atoms with Crippen LogP contribution in [0.2, 0.25) is 0 Å². The van der Waals surface area contributed by atoms with Crippen molar-refractivity contribution in [3.8, 4) is 17.0 Å². The summed E-state index contributed by atoms with van der Waals surface area (Å²) >= 11 is 1.35. The number of hydrogen-bond acceptors (Lipinski definition) is 5. The first-order valence-corrected chi connectivity index (χ1v) is 7.59. The number of nitrogens with one attached hydrogen (secondary N) is 2. The molecule has 0 saturated carbocycles. The Morgan fingerprint density at radius 3 is 2.95 bits per heavy atom. The predicted octanol–water partition coefficient (Wildman–Crippen LogP) is 3.21. The fourth-order valence-electron chi connectivity index (χ4n) is 2.09. The van der Waals surface area contributed by atoms with Gasteiger partial charge >= 0.3 is 6.03 Å². The Balaban J connectivity index is 2.06. The van der Waals surface area contributed by atoms with Crippen molar-refractivity contribution in [2.75, 3.05) is 11.9 Å². The van der Waals surface area contributed by atoms with E-state index < -0.39 is 0 Å². The van der Waals surface area contributed by atoms with Crippen LogP contribution in [0.15, 0.2) is 36.5 Å². The van der Waals surface area contributed by atoms with Gasteiger partial charge in [-0.05, 0) is 25.1 Å². The van der Waals surface area contributed by atoms with Crippen molar-refractivity contribution in [3.05, 3.63) is 36.5 Å². The van der Waals surface area contributed by atoms with E-state index in [2.05, 4.69) is 20.6 Å². The highest BCUT2D eigenvalue weighted by molar-refractivity contribution is 7.22. The van der Waals surface area contributed by atoms with Crippen LogP contribution in [0.4, 0.5) is 9.93 Å². The Hall–Kier alpha value is -2.67. The quantitative estimate of drug-likeness (QED) is 0.693. The smallest absolute Gasteiger partial charge is 0.321 e. The molecule has 0 fully saturated rings. The number of urea groups is 1. The lowest BCUT2D eigenvalue weighted by atomic mass is 10.1. The standard InChI is InChI=1S/C15H14N4O2S/c1-2-16-14(21)19-15-18-12-8-9(20)7-10(13(12)22-15)11-5-3-4-6-17-11/h3-8,20H,2H2,1H3,(H2,16,18,19,21). The van der Waals surface area contributed by atoms with Crippen molar-refractivity contribution in [1.82, 2.24) is 15.3 Å². The minimum absolute atomic E-state index is 0.114. The normalized spacial score (nSPS) is 10.6. The van der Waals surface area contributed by atoms with Gasteiger partial charge in [0.25, 0.3) is 0 Å². The Morgan fingerprint density at radius 2 is 2.23 bits per heavy atom. The number of nitrogens with zero attached hydrogens (tertiary/aromatic N) is 2. The van der Waals surface area contributed by atoms with Crippen LogP contribution in [0, 0.1) is 0 Å². The Morgan fingerprint density at radius 1 is 1.36 bits per heavy atom. The maximum Gasteiger partial charge on any atom is 0.321 e. The fraction of sp³-hybridized carbons (Fsp3) is 0.133. The lowest BCUT2D eigenvalue weighted by Crippen LogP contribution is -2.28. The van der Waals surface area contributed by atoms with Crippen LogP contribution >= 0.6 is 11.3 Å². The van der Waals surface area contributed by atoms with E-state index in [1.807, 2.05) is 25.1 Å². The number of carbonyl (C=O) groups excluding carboxylic acids is 1. The topological polar surface area (TPSA) is 87.1 Å². The Kier molecular flexibility index (Phi) is 3.88. The molecular weight excluding hydrogens is 300 g/mol. The number of fused-ring (bicyclic) bond motifs is 1. The summed E-state index contributed by atoms with van der Waals surface area (Å²) in [5.41, 5.74) is 2.16. The molecule has 22 heavy (non-hydrogen) atoms. The van der Waals surface area contributed by atoms with Crippen molar-refractivity contribution < 1.29 is 9.90 Å². The van der Waals surface area contributed by atoms with E-state index in [0.29, 0.717) is 17.2 Å². The third-order valence-corrected chi connectivity index (χ3v) is 3.99. The number of aromatic hydroxyl groups is 1. The van der Waals surface area contributed by atoms with E-state index in [1.54, 1.807) is 18.3 Å². The molecule has 3 N–H and O–H groups in total. The minimum Gasteiger partial charge on any atom is -0.508 e. The molecule has 2 amide bonds. The highest BCUT2D eigenvalue weighted by atomic mass is 32.1. The second-order valence-corrected chi connectivity index (χ2v) is 5.56. The van der Waals surface area contributed by atoms with Crippen LogP contribution in [0.3, 0.4) is 0 Å². The maximum absolute atomic E-state index is 11.6. The molecule has 0 aliphatic heterocycles. The predicted molar refractivity (Wildman–Crippen MR) is 87.2 cm³/mol. The second kappa shape index (κ2) is 5.98. The number of hydrogen-bond donors (Lipinski definition) is 3. The second-order valence-electron chi connectivity index (χ2n) is 4.56. The van der Waals surface area contributed by atoms with Gasteiger partial charge in [-0.3, -0.25) is 10.3 Å². The van der Waals surface area contributed by atoms with Gasteiger partial charge in [0.1, 0.15) is 5.75 Å². The zero-order valence-electron chi connectivity index (χ0n) is 11.8. The molecule has 0 bridgehead atoms. The molecule has 2 aromatic heterocycles. The summed E-state index contributed by atoms with van der Waals surface area (Å²) in [6, 6.07) is 8.50. The number of anilines is 1. The summed E-state index contributed by atoms with van der Waals surface area (Å²) in [5.74, 6) is 0.114. The number of thiazole rings is 1. The first kappa shape index (κ1) is 14.3. The van der Waals surface area contributed by atoms with Crippen LogP contribution in [0.25, 0.3) is 21.5 Å². The molecule has 0 spiro atoms. The van der Waals surface area contributed by atoms with Crippen molar-refractivity contribution in [2.24, 2.45) is 0 Å². The molecule has 0 atom stereocenters. The van der Waals surface area contributed by atoms with Crippen LogP contribution in [-0.4, -0.2) is 27.7 Å². The summed E-state index contributed by atoms with van der Waals surface area (Å²) in [6.07, 6.45) is 1.69. The van der Waals surface area contributed by atoms with Gasteiger partial charge < -0.3 is 10.4 Å². The van der Waals surface area contributed by atoms with Crippen molar-refractivity contribution >= 4 is 32.7 Å². The molecule has 3 aromatic rings. The zero-order chi connectivity index (χ0) is 15.5. The van der Waals surface area contributed by atoms with Gasteiger partial charge in [-0.1, -0.05) is 17.4 Å². The molecule has 0 unspecified atom stereocenters. The first-order valence-electron chi connectivity index (χ1n) is 6.77. The third kappa shape index (κ3) is 2.84. The van der Waals surface area contributed by atoms with Crippen LogP contribution < -0.4 is 10.6 Å². The number of phenols is 1. The molecule has 112 valence electrons. The molecular formula is C15H14N4O2S. The van der Waals surface area contributed by atoms with Gasteiger partial charge in [-0.15, -0.1) is 0 Å². The molecule has 7 heteroatoms. The summed E-state index contributed by atoms with van der Waals surface area (Å²) in [4.78, 5) is 20.2. The number of carbonyl (C=O) groups is 1. The molecule has 0 radical (unpaired) electrons. The molecule has 2 heterocycles. The Bertz CT molecular complexity index is 817. The van der Waals surface area contributed by atoms with E-state index in [9.17, 15) is 9.90 Å². The largest absolute Gasteiger partial charge is 0.508 e. The SMILES string of the molecule is CCNC(=O)Nc1nc2cc(O)cc(-c3ccccn3)c2s1. The van der Waals surface area contributed by atoms with Crippen molar-refractivity contribution in [1.29, 1.82) is 0 Å². The van der Waals surface area contributed by atoms with E-state index in [4.69, 9.17) is 0 Å². The van der Waals surface area contributed by atoms with E-state index >= 15 is 0 Å². The first-order chi connectivity index (χ1) is 10.7. The summed E-state index contributed by atoms with van der Waals surface area (Å²) in [7, 11) is 0. The molecule has 6 nitrogen and oxygen atoms in total. The van der Waals surface area contributed by atoms with Gasteiger partial charge in [0.15, 0.2) is 5.13 Å². The monoisotopic (exact) mass is 314 g/mol. The van der Waals surface area contributed by atoms with E-state index in [-0.39, 0.29) is 11.8 Å². The molecule has 0 saturated heterocycles. The van der Waals surface area contributed by atoms with Crippen molar-refractivity contribution in [2.45, 2.75) is 6.92 Å². The maximum atomic E-state index is 11.6. The van der Waals surface area contributed by atoms with Gasteiger partial charge in [-0.2, -0.15) is 0 Å². The van der Waals surface area contributed by atoms with Gasteiger partial charge in [-0.25, -0.2) is 9.78 Å². The summed E-state index contributed by atoms with van der Waals surface area (Å²) in [6.45, 7) is 2.38. The number of pyridine rings is 1. The van der Waals surface area contributed by atoms with E-state index in [1.165, 1.54) is 11.3 Å². The summed E-state index contributed by atoms with van der Waals surface area (Å²) in [5, 5.41) is 15.7.